The first-order chi connectivity index (χ1) is 17.0. The molecule has 0 radical (unpaired) electrons. The van der Waals surface area contributed by atoms with Crippen LogP contribution >= 0.6 is 0 Å². The second-order valence-corrected chi connectivity index (χ2v) is 9.51. The number of aromatic nitrogens is 3. The molecule has 2 N–H and O–H groups in total. The molecule has 1 unspecified atom stereocenters. The summed E-state index contributed by atoms with van der Waals surface area (Å²) in [6, 6.07) is 16.2. The van der Waals surface area contributed by atoms with Gasteiger partial charge in [-0.3, -0.25) is 14.7 Å². The monoisotopic (exact) mass is 468 g/mol. The quantitative estimate of drug-likeness (QED) is 0.462. The number of rotatable bonds is 6. The minimum Gasteiger partial charge on any atom is -0.384 e. The Hall–Kier alpha value is -3.71. The summed E-state index contributed by atoms with van der Waals surface area (Å²) < 4.78 is 2.06. The Morgan fingerprint density at radius 2 is 1.97 bits per heavy atom. The van der Waals surface area contributed by atoms with Crippen LogP contribution in [0.4, 0.5) is 11.5 Å². The van der Waals surface area contributed by atoms with Gasteiger partial charge in [-0.15, -0.1) is 0 Å². The molecular formula is C28H32N6O. The Balaban J connectivity index is 1.47. The Bertz CT molecular complexity index is 1380. The summed E-state index contributed by atoms with van der Waals surface area (Å²) in [5, 5.41) is 0.769. The highest BCUT2D eigenvalue weighted by Crippen LogP contribution is 2.25. The van der Waals surface area contributed by atoms with E-state index in [-0.39, 0.29) is 5.43 Å². The summed E-state index contributed by atoms with van der Waals surface area (Å²) in [5.41, 5.74) is 11.0. The fourth-order valence-corrected chi connectivity index (χ4v) is 5.16. The summed E-state index contributed by atoms with van der Waals surface area (Å²) in [7, 11) is 2.01. The molecule has 4 aromatic rings. The molecule has 0 bridgehead atoms. The van der Waals surface area contributed by atoms with Crippen LogP contribution in [-0.2, 0) is 20.1 Å². The molecule has 1 atom stereocenters. The maximum Gasteiger partial charge on any atom is 0.193 e. The third kappa shape index (κ3) is 5.05. The van der Waals surface area contributed by atoms with Crippen LogP contribution in [-0.4, -0.2) is 38.6 Å². The standard InChI is InChI=1S/C28H32N6O/c1-20-14-21(11-12-30-20)16-34(18-22-17-32(2)26-8-4-3-7-25(26)28(22)35)24-6-5-13-33(19-24)23-9-10-27(29)31-15-23/h3-4,7-12,14-15,17,24H,5-6,13,16,18-19H2,1-2H3,(H2,29,31). The lowest BCUT2D eigenvalue weighted by atomic mass is 10.0. The van der Waals surface area contributed by atoms with E-state index in [4.69, 9.17) is 5.73 Å². The highest BCUT2D eigenvalue weighted by molar-refractivity contribution is 5.79. The molecule has 180 valence electrons. The summed E-state index contributed by atoms with van der Waals surface area (Å²) in [5.74, 6) is 0.532. The number of aryl methyl sites for hydroxylation is 2. The molecule has 7 heteroatoms. The molecule has 3 aromatic heterocycles. The number of nitrogens with zero attached hydrogens (tertiary/aromatic N) is 5. The first kappa shape index (κ1) is 23.1. The topological polar surface area (TPSA) is 80.3 Å². The highest BCUT2D eigenvalue weighted by atomic mass is 16.1. The van der Waals surface area contributed by atoms with E-state index in [2.05, 4.69) is 36.5 Å². The van der Waals surface area contributed by atoms with Crippen LogP contribution in [0.15, 0.2) is 71.9 Å². The van der Waals surface area contributed by atoms with Gasteiger partial charge in [0.05, 0.1) is 17.4 Å². The fraction of sp³-hybridized carbons (Fsp3) is 0.321. The number of nitrogen functional groups attached to an aromatic ring is 1. The molecule has 1 fully saturated rings. The summed E-state index contributed by atoms with van der Waals surface area (Å²) >= 11 is 0. The van der Waals surface area contributed by atoms with Crippen molar-refractivity contribution >= 4 is 22.4 Å². The van der Waals surface area contributed by atoms with E-state index in [1.165, 1.54) is 5.56 Å². The van der Waals surface area contributed by atoms with Crippen molar-refractivity contribution in [2.24, 2.45) is 7.05 Å². The fourth-order valence-electron chi connectivity index (χ4n) is 5.16. The van der Waals surface area contributed by atoms with E-state index in [1.54, 1.807) is 0 Å². The van der Waals surface area contributed by atoms with Crippen molar-refractivity contribution in [2.45, 2.75) is 38.9 Å². The number of benzene rings is 1. The zero-order valence-corrected chi connectivity index (χ0v) is 20.4. The second kappa shape index (κ2) is 9.88. The predicted molar refractivity (Wildman–Crippen MR) is 141 cm³/mol. The Morgan fingerprint density at radius 3 is 2.77 bits per heavy atom. The lowest BCUT2D eigenvalue weighted by Gasteiger charge is -2.40. The molecule has 0 aliphatic carbocycles. The van der Waals surface area contributed by atoms with Gasteiger partial charge in [-0.05, 0) is 61.7 Å². The van der Waals surface area contributed by atoms with Gasteiger partial charge in [0.1, 0.15) is 5.82 Å². The molecule has 1 aliphatic heterocycles. The first-order valence-electron chi connectivity index (χ1n) is 12.2. The molecule has 1 aliphatic rings. The number of para-hydroxylation sites is 1. The molecule has 0 spiro atoms. The number of nitrogens with two attached hydrogens (primary N) is 1. The van der Waals surface area contributed by atoms with Crippen molar-refractivity contribution < 1.29 is 0 Å². The molecular weight excluding hydrogens is 436 g/mol. The lowest BCUT2D eigenvalue weighted by molar-refractivity contribution is 0.158. The lowest BCUT2D eigenvalue weighted by Crippen LogP contribution is -2.48. The van der Waals surface area contributed by atoms with Crippen molar-refractivity contribution in [3.05, 3.63) is 94.2 Å². The molecule has 0 amide bonds. The normalized spacial score (nSPS) is 16.2. The van der Waals surface area contributed by atoms with Crippen LogP contribution in [0.2, 0.25) is 0 Å². The maximum atomic E-state index is 13.4. The van der Waals surface area contributed by atoms with Crippen LogP contribution < -0.4 is 16.1 Å². The van der Waals surface area contributed by atoms with E-state index in [0.717, 1.165) is 60.3 Å². The van der Waals surface area contributed by atoms with E-state index in [0.29, 0.717) is 18.4 Å². The SMILES string of the molecule is Cc1cc(CN(Cc2cn(C)c3ccccc3c2=O)C2CCCN(c3ccc(N)nc3)C2)ccn1. The minimum atomic E-state index is 0.116. The van der Waals surface area contributed by atoms with Crippen LogP contribution in [0, 0.1) is 6.92 Å². The van der Waals surface area contributed by atoms with Gasteiger partial charge in [0.15, 0.2) is 5.43 Å². The van der Waals surface area contributed by atoms with Crippen molar-refractivity contribution in [3.8, 4) is 0 Å². The third-order valence-electron chi connectivity index (χ3n) is 6.94. The molecule has 0 saturated carbocycles. The Morgan fingerprint density at radius 1 is 1.11 bits per heavy atom. The van der Waals surface area contributed by atoms with Gasteiger partial charge >= 0.3 is 0 Å². The van der Waals surface area contributed by atoms with Gasteiger partial charge in [0.25, 0.3) is 0 Å². The second-order valence-electron chi connectivity index (χ2n) is 9.51. The van der Waals surface area contributed by atoms with Crippen molar-refractivity contribution in [1.29, 1.82) is 0 Å². The number of hydrogen-bond donors (Lipinski definition) is 1. The maximum absolute atomic E-state index is 13.4. The molecule has 7 nitrogen and oxygen atoms in total. The number of fused-ring (bicyclic) bond motifs is 1. The van der Waals surface area contributed by atoms with Gasteiger partial charge in [-0.1, -0.05) is 12.1 Å². The summed E-state index contributed by atoms with van der Waals surface area (Å²) in [4.78, 5) is 26.9. The van der Waals surface area contributed by atoms with Crippen LogP contribution in [0.1, 0.15) is 29.7 Å². The van der Waals surface area contributed by atoms with Gasteiger partial charge in [-0.25, -0.2) is 4.98 Å². The number of piperidine rings is 1. The summed E-state index contributed by atoms with van der Waals surface area (Å²) in [6.07, 6.45) is 7.88. The van der Waals surface area contributed by atoms with Crippen LogP contribution in [0.25, 0.3) is 10.9 Å². The van der Waals surface area contributed by atoms with Gasteiger partial charge < -0.3 is 15.2 Å². The van der Waals surface area contributed by atoms with E-state index in [9.17, 15) is 4.79 Å². The number of anilines is 2. The summed E-state index contributed by atoms with van der Waals surface area (Å²) in [6.45, 7) is 5.24. The van der Waals surface area contributed by atoms with Crippen molar-refractivity contribution in [2.75, 3.05) is 23.7 Å². The highest BCUT2D eigenvalue weighted by Gasteiger charge is 2.27. The van der Waals surface area contributed by atoms with Crippen molar-refractivity contribution in [3.63, 3.8) is 0 Å². The average molecular weight is 469 g/mol. The number of pyridine rings is 3. The first-order valence-corrected chi connectivity index (χ1v) is 12.2. The van der Waals surface area contributed by atoms with Gasteiger partial charge in [-0.2, -0.15) is 0 Å². The minimum absolute atomic E-state index is 0.116. The average Bonchev–Trinajstić information content (AvgIpc) is 2.87. The van der Waals surface area contributed by atoms with Gasteiger partial charge in [0, 0.05) is 68.3 Å². The smallest absolute Gasteiger partial charge is 0.193 e. The zero-order valence-electron chi connectivity index (χ0n) is 20.4. The third-order valence-corrected chi connectivity index (χ3v) is 6.94. The van der Waals surface area contributed by atoms with E-state index < -0.39 is 0 Å². The predicted octanol–water partition coefficient (Wildman–Crippen LogP) is 3.89. The molecule has 1 saturated heterocycles. The molecule has 35 heavy (non-hydrogen) atoms. The molecule has 4 heterocycles. The van der Waals surface area contributed by atoms with Gasteiger partial charge in [0.2, 0.25) is 0 Å². The van der Waals surface area contributed by atoms with Crippen molar-refractivity contribution in [1.82, 2.24) is 19.4 Å². The molecule has 1 aromatic carbocycles. The zero-order chi connectivity index (χ0) is 24.4. The van der Waals surface area contributed by atoms with E-state index >= 15 is 0 Å². The van der Waals surface area contributed by atoms with E-state index in [1.807, 2.05) is 69.0 Å². The molecule has 5 rings (SSSR count). The van der Waals surface area contributed by atoms with Crippen LogP contribution in [0.5, 0.6) is 0 Å². The van der Waals surface area contributed by atoms with Crippen LogP contribution in [0.3, 0.4) is 0 Å². The number of hydrogen-bond acceptors (Lipinski definition) is 6. The largest absolute Gasteiger partial charge is 0.384 e. The Kier molecular flexibility index (Phi) is 6.51. The Labute approximate surface area is 205 Å².